The minimum atomic E-state index is -3.07. The average molecular weight is 285 g/mol. The highest BCUT2D eigenvalue weighted by Gasteiger charge is 2.16. The quantitative estimate of drug-likeness (QED) is 0.870. The smallest absolute Gasteiger partial charge is 0.155 e. The van der Waals surface area contributed by atoms with Crippen molar-refractivity contribution in [1.29, 1.82) is 0 Å². The van der Waals surface area contributed by atoms with Crippen LogP contribution in [0.2, 0.25) is 0 Å². The van der Waals surface area contributed by atoms with Gasteiger partial charge in [0.1, 0.15) is 12.4 Å². The third kappa shape index (κ3) is 4.51. The second kappa shape index (κ2) is 6.39. The zero-order valence-corrected chi connectivity index (χ0v) is 12.8. The van der Waals surface area contributed by atoms with Crippen LogP contribution in [-0.4, -0.2) is 26.0 Å². The summed E-state index contributed by atoms with van der Waals surface area (Å²) in [5, 5.41) is -0.373. The number of aryl methyl sites for hydroxylation is 1. The molecule has 0 heterocycles. The highest BCUT2D eigenvalue weighted by molar-refractivity contribution is 7.91. The molecular weight excluding hydrogens is 262 g/mol. The van der Waals surface area contributed by atoms with Crippen molar-refractivity contribution in [1.82, 2.24) is 0 Å². The van der Waals surface area contributed by atoms with Gasteiger partial charge in [-0.2, -0.15) is 0 Å². The fraction of sp³-hybridized carbons (Fsp3) is 0.571. The number of hydrogen-bond acceptors (Lipinski definition) is 4. The van der Waals surface area contributed by atoms with E-state index in [-0.39, 0.29) is 23.7 Å². The van der Waals surface area contributed by atoms with Gasteiger partial charge in [-0.1, -0.05) is 17.7 Å². The van der Waals surface area contributed by atoms with E-state index >= 15 is 0 Å². The van der Waals surface area contributed by atoms with Gasteiger partial charge in [-0.3, -0.25) is 0 Å². The summed E-state index contributed by atoms with van der Waals surface area (Å²) in [6.45, 7) is 7.37. The van der Waals surface area contributed by atoms with Crippen molar-refractivity contribution >= 4 is 9.84 Å². The minimum absolute atomic E-state index is 0.0247. The summed E-state index contributed by atoms with van der Waals surface area (Å²) in [4.78, 5) is 0. The summed E-state index contributed by atoms with van der Waals surface area (Å²) < 4.78 is 29.0. The van der Waals surface area contributed by atoms with Crippen molar-refractivity contribution in [3.8, 4) is 5.75 Å². The molecule has 1 rings (SSSR count). The van der Waals surface area contributed by atoms with E-state index in [1.54, 1.807) is 13.8 Å². The molecule has 0 amide bonds. The van der Waals surface area contributed by atoms with Gasteiger partial charge in [-0.15, -0.1) is 0 Å². The Morgan fingerprint density at radius 3 is 2.42 bits per heavy atom. The molecule has 0 bridgehead atoms. The predicted molar refractivity (Wildman–Crippen MR) is 78.2 cm³/mol. The summed E-state index contributed by atoms with van der Waals surface area (Å²) in [6, 6.07) is 5.60. The molecule has 1 atom stereocenters. The van der Waals surface area contributed by atoms with Crippen LogP contribution in [0.3, 0.4) is 0 Å². The Balaban J connectivity index is 2.74. The van der Waals surface area contributed by atoms with Crippen LogP contribution in [0.1, 0.15) is 37.9 Å². The van der Waals surface area contributed by atoms with E-state index in [0.717, 1.165) is 11.1 Å². The first-order chi connectivity index (χ1) is 8.74. The van der Waals surface area contributed by atoms with Crippen LogP contribution in [0.25, 0.3) is 0 Å². The first kappa shape index (κ1) is 16.0. The van der Waals surface area contributed by atoms with Gasteiger partial charge in [0.05, 0.1) is 11.0 Å². The molecule has 19 heavy (non-hydrogen) atoms. The predicted octanol–water partition coefficient (Wildman–Crippen LogP) is 2.22. The summed E-state index contributed by atoms with van der Waals surface area (Å²) in [6.07, 6.45) is 0. The molecule has 0 aliphatic heterocycles. The number of ether oxygens (including phenoxy) is 1. The lowest BCUT2D eigenvalue weighted by atomic mass is 10.1. The van der Waals surface area contributed by atoms with E-state index in [1.807, 2.05) is 32.0 Å². The second-order valence-corrected chi connectivity index (χ2v) is 7.77. The van der Waals surface area contributed by atoms with E-state index < -0.39 is 9.84 Å². The van der Waals surface area contributed by atoms with Gasteiger partial charge in [0.25, 0.3) is 0 Å². The summed E-state index contributed by atoms with van der Waals surface area (Å²) >= 11 is 0. The summed E-state index contributed by atoms with van der Waals surface area (Å²) in [5.74, 6) is 0.691. The lowest BCUT2D eigenvalue weighted by Gasteiger charge is -2.15. The van der Waals surface area contributed by atoms with Gasteiger partial charge in [0, 0.05) is 11.6 Å². The summed E-state index contributed by atoms with van der Waals surface area (Å²) in [5.41, 5.74) is 7.90. The Kier molecular flexibility index (Phi) is 5.38. The molecular formula is C14H23NO3S. The van der Waals surface area contributed by atoms with E-state index in [1.165, 1.54) is 0 Å². The molecule has 0 saturated heterocycles. The fourth-order valence-electron chi connectivity index (χ4n) is 1.66. The van der Waals surface area contributed by atoms with Crippen LogP contribution in [0, 0.1) is 6.92 Å². The number of nitrogens with two attached hydrogens (primary N) is 1. The topological polar surface area (TPSA) is 69.4 Å². The second-order valence-electron chi connectivity index (χ2n) is 5.09. The van der Waals surface area contributed by atoms with Crippen molar-refractivity contribution in [2.24, 2.45) is 5.73 Å². The van der Waals surface area contributed by atoms with Crippen molar-refractivity contribution in [3.05, 3.63) is 29.3 Å². The van der Waals surface area contributed by atoms with Gasteiger partial charge in [-0.05, 0) is 33.8 Å². The van der Waals surface area contributed by atoms with Crippen LogP contribution >= 0.6 is 0 Å². The molecule has 0 spiro atoms. The minimum Gasteiger partial charge on any atom is -0.492 e. The van der Waals surface area contributed by atoms with Crippen molar-refractivity contribution in [2.45, 2.75) is 39.0 Å². The van der Waals surface area contributed by atoms with Gasteiger partial charge < -0.3 is 10.5 Å². The Bertz CT molecular complexity index is 521. The Morgan fingerprint density at radius 1 is 1.26 bits per heavy atom. The fourth-order valence-corrected chi connectivity index (χ4v) is 2.45. The molecule has 4 nitrogen and oxygen atoms in total. The van der Waals surface area contributed by atoms with E-state index in [0.29, 0.717) is 5.75 Å². The summed E-state index contributed by atoms with van der Waals surface area (Å²) in [7, 11) is -3.07. The first-order valence-electron chi connectivity index (χ1n) is 6.44. The SMILES string of the molecule is Cc1ccc(OCCS(=O)(=O)C(C)C)c([C@@H](C)N)c1. The van der Waals surface area contributed by atoms with Gasteiger partial charge in [0.2, 0.25) is 0 Å². The van der Waals surface area contributed by atoms with Crippen molar-refractivity contribution in [2.75, 3.05) is 12.4 Å². The molecule has 2 N–H and O–H groups in total. The van der Waals surface area contributed by atoms with Gasteiger partial charge >= 0.3 is 0 Å². The van der Waals surface area contributed by atoms with Crippen LogP contribution in [-0.2, 0) is 9.84 Å². The number of hydrogen-bond donors (Lipinski definition) is 1. The molecule has 1 aromatic carbocycles. The third-order valence-corrected chi connectivity index (χ3v) is 5.17. The zero-order valence-electron chi connectivity index (χ0n) is 12.0. The third-order valence-electron chi connectivity index (χ3n) is 3.00. The van der Waals surface area contributed by atoms with Crippen LogP contribution in [0.5, 0.6) is 5.75 Å². The van der Waals surface area contributed by atoms with Crippen LogP contribution in [0.15, 0.2) is 18.2 Å². The number of benzene rings is 1. The van der Waals surface area contributed by atoms with Gasteiger partial charge in [-0.25, -0.2) is 8.42 Å². The zero-order chi connectivity index (χ0) is 14.6. The first-order valence-corrected chi connectivity index (χ1v) is 8.16. The van der Waals surface area contributed by atoms with Crippen LogP contribution < -0.4 is 10.5 Å². The molecule has 1 aromatic rings. The maximum atomic E-state index is 11.7. The molecule has 0 aliphatic rings. The molecule has 0 aliphatic carbocycles. The van der Waals surface area contributed by atoms with Gasteiger partial charge in [0.15, 0.2) is 9.84 Å². The average Bonchev–Trinajstić information content (AvgIpc) is 2.30. The Morgan fingerprint density at radius 2 is 1.89 bits per heavy atom. The van der Waals surface area contributed by atoms with E-state index in [4.69, 9.17) is 10.5 Å². The molecule has 0 aromatic heterocycles. The van der Waals surface area contributed by atoms with Crippen LogP contribution in [0.4, 0.5) is 0 Å². The lowest BCUT2D eigenvalue weighted by molar-refractivity contribution is 0.335. The normalized spacial score (nSPS) is 13.6. The largest absolute Gasteiger partial charge is 0.492 e. The number of sulfone groups is 1. The van der Waals surface area contributed by atoms with Crippen molar-refractivity contribution in [3.63, 3.8) is 0 Å². The Labute approximate surface area is 115 Å². The van der Waals surface area contributed by atoms with Crippen molar-refractivity contribution < 1.29 is 13.2 Å². The molecule has 0 fully saturated rings. The Hall–Kier alpha value is -1.07. The highest BCUT2D eigenvalue weighted by atomic mass is 32.2. The molecule has 0 saturated carbocycles. The molecule has 0 unspecified atom stereocenters. The number of rotatable bonds is 6. The van der Waals surface area contributed by atoms with E-state index in [2.05, 4.69) is 0 Å². The molecule has 0 radical (unpaired) electrons. The maximum Gasteiger partial charge on any atom is 0.155 e. The monoisotopic (exact) mass is 285 g/mol. The lowest BCUT2D eigenvalue weighted by Crippen LogP contribution is -2.22. The van der Waals surface area contributed by atoms with E-state index in [9.17, 15) is 8.42 Å². The standard InChI is InChI=1S/C14H23NO3S/c1-10(2)19(16,17)8-7-18-14-6-5-11(3)9-13(14)12(4)15/h5-6,9-10,12H,7-8,15H2,1-4H3/t12-/m1/s1. The highest BCUT2D eigenvalue weighted by Crippen LogP contribution is 2.25. The molecule has 5 heteroatoms. The maximum absolute atomic E-state index is 11.7. The molecule has 108 valence electrons.